The summed E-state index contributed by atoms with van der Waals surface area (Å²) in [5.74, 6) is -0.333. The Kier molecular flexibility index (Phi) is 7.03. The number of hydrogen-bond donors (Lipinski definition) is 1. The molecule has 3 aromatic rings. The van der Waals surface area contributed by atoms with Crippen molar-refractivity contribution in [1.29, 1.82) is 0 Å². The first-order chi connectivity index (χ1) is 14.5. The van der Waals surface area contributed by atoms with Crippen LogP contribution in [0.15, 0.2) is 89.8 Å². The van der Waals surface area contributed by atoms with Gasteiger partial charge in [-0.3, -0.25) is 9.10 Å². The molecule has 0 saturated carbocycles. The normalized spacial score (nSPS) is 11.0. The number of rotatable bonds is 9. The Bertz CT molecular complexity index is 1060. The minimum Gasteiger partial charge on any atom is -0.492 e. The van der Waals surface area contributed by atoms with Gasteiger partial charge in [-0.25, -0.2) is 12.8 Å². The monoisotopic (exact) mass is 428 g/mol. The molecule has 0 fully saturated rings. The van der Waals surface area contributed by atoms with Gasteiger partial charge in [0.2, 0.25) is 5.91 Å². The summed E-state index contributed by atoms with van der Waals surface area (Å²) in [5, 5.41) is 2.64. The lowest BCUT2D eigenvalue weighted by atomic mass is 10.3. The van der Waals surface area contributed by atoms with E-state index in [-0.39, 0.29) is 23.7 Å². The van der Waals surface area contributed by atoms with Crippen molar-refractivity contribution in [2.24, 2.45) is 0 Å². The molecule has 3 rings (SSSR count). The van der Waals surface area contributed by atoms with Crippen LogP contribution in [0.2, 0.25) is 0 Å². The number of nitrogens with zero attached hydrogens (tertiary/aromatic N) is 1. The standard InChI is InChI=1S/C22H21FN2O4S/c23-18-11-13-19(14-12-18)25(30(27,28)21-9-5-2-6-10-21)17-22(26)24-15-16-29-20-7-3-1-4-8-20/h1-14H,15-17H2,(H,24,26). The molecule has 1 N–H and O–H groups in total. The lowest BCUT2D eigenvalue weighted by Crippen LogP contribution is -2.41. The SMILES string of the molecule is O=C(CN(c1ccc(F)cc1)S(=O)(=O)c1ccccc1)NCCOc1ccccc1. The topological polar surface area (TPSA) is 75.7 Å². The summed E-state index contributed by atoms with van der Waals surface area (Å²) in [7, 11) is -4.02. The van der Waals surface area contributed by atoms with E-state index in [4.69, 9.17) is 4.74 Å². The van der Waals surface area contributed by atoms with Gasteiger partial charge in [-0.1, -0.05) is 36.4 Å². The molecule has 0 spiro atoms. The van der Waals surface area contributed by atoms with Gasteiger partial charge in [-0.15, -0.1) is 0 Å². The van der Waals surface area contributed by atoms with Crippen LogP contribution in [0.25, 0.3) is 0 Å². The molecule has 6 nitrogen and oxygen atoms in total. The second kappa shape index (κ2) is 9.89. The average molecular weight is 428 g/mol. The van der Waals surface area contributed by atoms with Crippen molar-refractivity contribution in [3.63, 3.8) is 0 Å². The zero-order valence-electron chi connectivity index (χ0n) is 16.1. The molecule has 0 bridgehead atoms. The fourth-order valence-electron chi connectivity index (χ4n) is 2.70. The summed E-state index contributed by atoms with van der Waals surface area (Å²) in [4.78, 5) is 12.5. The molecule has 0 unspecified atom stereocenters. The molecule has 3 aromatic carbocycles. The van der Waals surface area contributed by atoms with Crippen LogP contribution in [0.4, 0.5) is 10.1 Å². The van der Waals surface area contributed by atoms with Gasteiger partial charge in [0, 0.05) is 0 Å². The first-order valence-electron chi connectivity index (χ1n) is 9.25. The zero-order chi connectivity index (χ0) is 21.4. The maximum Gasteiger partial charge on any atom is 0.264 e. The van der Waals surface area contributed by atoms with Crippen LogP contribution in [-0.2, 0) is 14.8 Å². The van der Waals surface area contributed by atoms with E-state index in [1.54, 1.807) is 30.3 Å². The van der Waals surface area contributed by atoms with Gasteiger partial charge in [0.05, 0.1) is 17.1 Å². The smallest absolute Gasteiger partial charge is 0.264 e. The first-order valence-corrected chi connectivity index (χ1v) is 10.7. The Morgan fingerprint density at radius 1 is 0.900 bits per heavy atom. The largest absolute Gasteiger partial charge is 0.492 e. The summed E-state index contributed by atoms with van der Waals surface area (Å²) < 4.78 is 46.0. The molecule has 0 saturated heterocycles. The van der Waals surface area contributed by atoms with E-state index < -0.39 is 28.3 Å². The molecular formula is C22H21FN2O4S. The van der Waals surface area contributed by atoms with Crippen molar-refractivity contribution in [3.8, 4) is 5.75 Å². The van der Waals surface area contributed by atoms with E-state index in [0.717, 1.165) is 16.4 Å². The summed E-state index contributed by atoms with van der Waals surface area (Å²) >= 11 is 0. The number of para-hydroxylation sites is 1. The molecule has 0 aliphatic rings. The van der Waals surface area contributed by atoms with Gasteiger partial charge in [-0.2, -0.15) is 0 Å². The Hall–Kier alpha value is -3.39. The minimum atomic E-state index is -4.02. The highest BCUT2D eigenvalue weighted by Crippen LogP contribution is 2.23. The number of nitrogens with one attached hydrogen (secondary N) is 1. The molecule has 156 valence electrons. The van der Waals surface area contributed by atoms with Crippen molar-refractivity contribution < 1.29 is 22.3 Å². The van der Waals surface area contributed by atoms with Gasteiger partial charge in [0.1, 0.15) is 24.7 Å². The number of carbonyl (C=O) groups excluding carboxylic acids is 1. The van der Waals surface area contributed by atoms with Crippen LogP contribution in [0, 0.1) is 5.82 Å². The van der Waals surface area contributed by atoms with Gasteiger partial charge in [-0.05, 0) is 48.5 Å². The maximum absolute atomic E-state index is 13.3. The third-order valence-corrected chi connectivity index (χ3v) is 5.96. The van der Waals surface area contributed by atoms with E-state index in [9.17, 15) is 17.6 Å². The molecule has 0 heterocycles. The van der Waals surface area contributed by atoms with Crippen LogP contribution < -0.4 is 14.4 Å². The van der Waals surface area contributed by atoms with E-state index in [0.29, 0.717) is 5.75 Å². The third kappa shape index (κ3) is 5.57. The number of anilines is 1. The van der Waals surface area contributed by atoms with Crippen LogP contribution in [0.5, 0.6) is 5.75 Å². The van der Waals surface area contributed by atoms with E-state index in [1.165, 1.54) is 24.3 Å². The minimum absolute atomic E-state index is 0.0366. The van der Waals surface area contributed by atoms with Gasteiger partial charge in [0.25, 0.3) is 10.0 Å². The molecular weight excluding hydrogens is 407 g/mol. The predicted octanol–water partition coefficient (Wildman–Crippen LogP) is 3.22. The van der Waals surface area contributed by atoms with Crippen molar-refractivity contribution in [2.45, 2.75) is 4.90 Å². The molecule has 0 radical (unpaired) electrons. The molecule has 0 atom stereocenters. The van der Waals surface area contributed by atoms with Gasteiger partial charge >= 0.3 is 0 Å². The highest BCUT2D eigenvalue weighted by molar-refractivity contribution is 7.92. The number of carbonyl (C=O) groups is 1. The highest BCUT2D eigenvalue weighted by atomic mass is 32.2. The van der Waals surface area contributed by atoms with Crippen molar-refractivity contribution in [1.82, 2.24) is 5.32 Å². The molecule has 8 heteroatoms. The van der Waals surface area contributed by atoms with Crippen LogP contribution >= 0.6 is 0 Å². The number of amides is 1. The van der Waals surface area contributed by atoms with Crippen LogP contribution in [0.3, 0.4) is 0 Å². The summed E-state index contributed by atoms with van der Waals surface area (Å²) in [6.07, 6.45) is 0. The predicted molar refractivity (Wildman–Crippen MR) is 112 cm³/mol. The quantitative estimate of drug-likeness (QED) is 0.531. The van der Waals surface area contributed by atoms with Crippen molar-refractivity contribution >= 4 is 21.6 Å². The Balaban J connectivity index is 1.69. The van der Waals surface area contributed by atoms with E-state index >= 15 is 0 Å². The lowest BCUT2D eigenvalue weighted by Gasteiger charge is -2.24. The average Bonchev–Trinajstić information content (AvgIpc) is 2.77. The first kappa shape index (κ1) is 21.3. The number of ether oxygens (including phenoxy) is 1. The zero-order valence-corrected chi connectivity index (χ0v) is 16.9. The number of benzene rings is 3. The van der Waals surface area contributed by atoms with E-state index in [1.807, 2.05) is 18.2 Å². The number of sulfonamides is 1. The van der Waals surface area contributed by atoms with Crippen LogP contribution in [-0.4, -0.2) is 34.0 Å². The van der Waals surface area contributed by atoms with Gasteiger partial charge < -0.3 is 10.1 Å². The highest BCUT2D eigenvalue weighted by Gasteiger charge is 2.27. The molecule has 1 amide bonds. The molecule has 0 aliphatic heterocycles. The Labute approximate surface area is 175 Å². The van der Waals surface area contributed by atoms with Crippen molar-refractivity contribution in [2.75, 3.05) is 24.0 Å². The lowest BCUT2D eigenvalue weighted by molar-refractivity contribution is -0.119. The summed E-state index contributed by atoms with van der Waals surface area (Å²) in [6.45, 7) is -0.0116. The number of halogens is 1. The molecule has 0 aliphatic carbocycles. The second-order valence-corrected chi connectivity index (χ2v) is 8.17. The Morgan fingerprint density at radius 3 is 2.13 bits per heavy atom. The second-order valence-electron chi connectivity index (χ2n) is 6.31. The maximum atomic E-state index is 13.3. The Morgan fingerprint density at radius 2 is 1.50 bits per heavy atom. The number of hydrogen-bond acceptors (Lipinski definition) is 4. The summed E-state index contributed by atoms with van der Waals surface area (Å²) in [5.41, 5.74) is 0.191. The van der Waals surface area contributed by atoms with Crippen LogP contribution in [0.1, 0.15) is 0 Å². The van der Waals surface area contributed by atoms with E-state index in [2.05, 4.69) is 5.32 Å². The van der Waals surface area contributed by atoms with Crippen molar-refractivity contribution in [3.05, 3.63) is 90.7 Å². The fraction of sp³-hybridized carbons (Fsp3) is 0.136. The fourth-order valence-corrected chi connectivity index (χ4v) is 4.15. The third-order valence-electron chi connectivity index (χ3n) is 4.17. The van der Waals surface area contributed by atoms with Gasteiger partial charge in [0.15, 0.2) is 0 Å². The summed E-state index contributed by atoms with van der Waals surface area (Å²) in [6, 6.07) is 21.8. The molecule has 30 heavy (non-hydrogen) atoms. The molecule has 0 aromatic heterocycles.